The predicted molar refractivity (Wildman–Crippen MR) is 99.0 cm³/mol. The molecule has 0 saturated heterocycles. The molecule has 2 N–H and O–H groups in total. The third kappa shape index (κ3) is 5.95. The van der Waals surface area contributed by atoms with Crippen molar-refractivity contribution in [2.24, 2.45) is 0 Å². The number of benzene rings is 2. The molecule has 25 heavy (non-hydrogen) atoms. The van der Waals surface area contributed by atoms with Crippen molar-refractivity contribution in [2.45, 2.75) is 32.7 Å². The highest BCUT2D eigenvalue weighted by Crippen LogP contribution is 2.21. The SMILES string of the molecule is CCC[C@@H](C)NC(=O)COC(=O)c1ccccc1Nc1ccccc1. The Morgan fingerprint density at radius 1 is 1.04 bits per heavy atom. The zero-order chi connectivity index (χ0) is 18.1. The number of carbonyl (C=O) groups is 2. The first kappa shape index (κ1) is 18.5. The first-order valence-corrected chi connectivity index (χ1v) is 8.47. The normalized spacial score (nSPS) is 11.4. The molecule has 0 bridgehead atoms. The Morgan fingerprint density at radius 2 is 1.72 bits per heavy atom. The van der Waals surface area contributed by atoms with Gasteiger partial charge in [0.05, 0.1) is 11.3 Å². The van der Waals surface area contributed by atoms with Crippen LogP contribution in [-0.2, 0) is 9.53 Å². The number of esters is 1. The van der Waals surface area contributed by atoms with Crippen molar-refractivity contribution in [1.82, 2.24) is 5.32 Å². The molecule has 0 aliphatic rings. The van der Waals surface area contributed by atoms with E-state index in [1.165, 1.54) is 0 Å². The van der Waals surface area contributed by atoms with Crippen molar-refractivity contribution in [3.05, 3.63) is 60.2 Å². The number of ether oxygens (including phenoxy) is 1. The number of amides is 1. The molecule has 0 radical (unpaired) electrons. The summed E-state index contributed by atoms with van der Waals surface area (Å²) in [6.07, 6.45) is 1.88. The second-order valence-electron chi connectivity index (χ2n) is 5.87. The minimum Gasteiger partial charge on any atom is -0.452 e. The number of rotatable bonds is 8. The van der Waals surface area contributed by atoms with E-state index in [1.807, 2.05) is 43.3 Å². The summed E-state index contributed by atoms with van der Waals surface area (Å²) in [6.45, 7) is 3.70. The van der Waals surface area contributed by atoms with Crippen LogP contribution in [0.4, 0.5) is 11.4 Å². The largest absolute Gasteiger partial charge is 0.452 e. The van der Waals surface area contributed by atoms with Gasteiger partial charge in [-0.05, 0) is 37.6 Å². The van der Waals surface area contributed by atoms with Crippen LogP contribution in [0.2, 0.25) is 0 Å². The highest BCUT2D eigenvalue weighted by molar-refractivity contribution is 5.97. The summed E-state index contributed by atoms with van der Waals surface area (Å²) in [5, 5.41) is 6.00. The maximum atomic E-state index is 12.3. The summed E-state index contributed by atoms with van der Waals surface area (Å²) in [5.74, 6) is -0.819. The Labute approximate surface area is 148 Å². The molecule has 5 nitrogen and oxygen atoms in total. The van der Waals surface area contributed by atoms with Gasteiger partial charge in [0.25, 0.3) is 5.91 Å². The molecule has 0 fully saturated rings. The third-order valence-electron chi connectivity index (χ3n) is 3.66. The first-order chi connectivity index (χ1) is 12.1. The van der Waals surface area contributed by atoms with Gasteiger partial charge in [0.2, 0.25) is 0 Å². The smallest absolute Gasteiger partial charge is 0.340 e. The summed E-state index contributed by atoms with van der Waals surface area (Å²) in [7, 11) is 0. The fraction of sp³-hybridized carbons (Fsp3) is 0.300. The van der Waals surface area contributed by atoms with Crippen LogP contribution >= 0.6 is 0 Å². The van der Waals surface area contributed by atoms with Crippen molar-refractivity contribution in [3.63, 3.8) is 0 Å². The topological polar surface area (TPSA) is 67.4 Å². The summed E-state index contributed by atoms with van der Waals surface area (Å²) < 4.78 is 5.16. The minimum atomic E-state index is -0.530. The average molecular weight is 340 g/mol. The Hall–Kier alpha value is -2.82. The van der Waals surface area contributed by atoms with Crippen LogP contribution in [0.15, 0.2) is 54.6 Å². The molecule has 0 heterocycles. The van der Waals surface area contributed by atoms with E-state index in [-0.39, 0.29) is 18.6 Å². The van der Waals surface area contributed by atoms with E-state index in [9.17, 15) is 9.59 Å². The van der Waals surface area contributed by atoms with Gasteiger partial charge in [0, 0.05) is 11.7 Å². The maximum Gasteiger partial charge on any atom is 0.340 e. The van der Waals surface area contributed by atoms with Crippen LogP contribution in [0.3, 0.4) is 0 Å². The molecule has 132 valence electrons. The Morgan fingerprint density at radius 3 is 2.44 bits per heavy atom. The molecule has 2 aromatic carbocycles. The number of carbonyl (C=O) groups excluding carboxylic acids is 2. The molecule has 0 unspecified atom stereocenters. The van der Waals surface area contributed by atoms with Gasteiger partial charge in [-0.3, -0.25) is 4.79 Å². The fourth-order valence-corrected chi connectivity index (χ4v) is 2.48. The monoisotopic (exact) mass is 340 g/mol. The number of hydrogen-bond acceptors (Lipinski definition) is 4. The number of nitrogens with one attached hydrogen (secondary N) is 2. The molecular formula is C20H24N2O3. The van der Waals surface area contributed by atoms with E-state index in [1.54, 1.807) is 18.2 Å². The Bertz CT molecular complexity index is 701. The van der Waals surface area contributed by atoms with Crippen LogP contribution in [0.5, 0.6) is 0 Å². The summed E-state index contributed by atoms with van der Waals surface area (Å²) in [6, 6.07) is 16.7. The zero-order valence-electron chi connectivity index (χ0n) is 14.6. The summed E-state index contributed by atoms with van der Waals surface area (Å²) in [4.78, 5) is 24.2. The van der Waals surface area contributed by atoms with E-state index < -0.39 is 5.97 Å². The molecular weight excluding hydrogens is 316 g/mol. The number of anilines is 2. The van der Waals surface area contributed by atoms with Crippen molar-refractivity contribution in [3.8, 4) is 0 Å². The molecule has 0 saturated carbocycles. The van der Waals surface area contributed by atoms with Crippen molar-refractivity contribution >= 4 is 23.3 Å². The second kappa shape index (κ2) is 9.47. The second-order valence-corrected chi connectivity index (χ2v) is 5.87. The minimum absolute atomic E-state index is 0.0724. The maximum absolute atomic E-state index is 12.3. The molecule has 2 aromatic rings. The Kier molecular flexibility index (Phi) is 7.01. The van der Waals surface area contributed by atoms with E-state index in [2.05, 4.69) is 17.6 Å². The Balaban J connectivity index is 1.96. The molecule has 5 heteroatoms. The third-order valence-corrected chi connectivity index (χ3v) is 3.66. The highest BCUT2D eigenvalue weighted by Gasteiger charge is 2.15. The molecule has 0 aromatic heterocycles. The zero-order valence-corrected chi connectivity index (χ0v) is 14.6. The molecule has 1 atom stereocenters. The van der Waals surface area contributed by atoms with Gasteiger partial charge in [-0.15, -0.1) is 0 Å². The fourth-order valence-electron chi connectivity index (χ4n) is 2.48. The average Bonchev–Trinajstić information content (AvgIpc) is 2.61. The van der Waals surface area contributed by atoms with Crippen molar-refractivity contribution in [1.29, 1.82) is 0 Å². The van der Waals surface area contributed by atoms with E-state index in [4.69, 9.17) is 4.74 Å². The van der Waals surface area contributed by atoms with Crippen LogP contribution in [0, 0.1) is 0 Å². The standard InChI is InChI=1S/C20H24N2O3/c1-3-9-15(2)21-19(23)14-25-20(24)17-12-7-8-13-18(17)22-16-10-5-4-6-11-16/h4-8,10-13,15,22H,3,9,14H2,1-2H3,(H,21,23)/t15-/m1/s1. The summed E-state index contributed by atoms with van der Waals surface area (Å²) >= 11 is 0. The lowest BCUT2D eigenvalue weighted by Crippen LogP contribution is -2.35. The van der Waals surface area contributed by atoms with Crippen LogP contribution in [0.25, 0.3) is 0 Å². The predicted octanol–water partition coefficient (Wildman–Crippen LogP) is 3.89. The quantitative estimate of drug-likeness (QED) is 0.715. The van der Waals surface area contributed by atoms with Gasteiger partial charge < -0.3 is 15.4 Å². The summed E-state index contributed by atoms with van der Waals surface area (Å²) in [5.41, 5.74) is 1.90. The first-order valence-electron chi connectivity index (χ1n) is 8.47. The molecule has 0 spiro atoms. The van der Waals surface area contributed by atoms with E-state index in [0.29, 0.717) is 11.3 Å². The van der Waals surface area contributed by atoms with Crippen LogP contribution in [0.1, 0.15) is 37.0 Å². The van der Waals surface area contributed by atoms with Gasteiger partial charge in [-0.1, -0.05) is 43.7 Å². The van der Waals surface area contributed by atoms with Crippen molar-refractivity contribution < 1.29 is 14.3 Å². The molecule has 1 amide bonds. The van der Waals surface area contributed by atoms with Gasteiger partial charge >= 0.3 is 5.97 Å². The van der Waals surface area contributed by atoms with E-state index >= 15 is 0 Å². The van der Waals surface area contributed by atoms with Gasteiger partial charge in [-0.2, -0.15) is 0 Å². The number of para-hydroxylation sites is 2. The van der Waals surface area contributed by atoms with Gasteiger partial charge in [-0.25, -0.2) is 4.79 Å². The number of hydrogen-bond donors (Lipinski definition) is 2. The van der Waals surface area contributed by atoms with Crippen molar-refractivity contribution in [2.75, 3.05) is 11.9 Å². The van der Waals surface area contributed by atoms with Crippen LogP contribution in [-0.4, -0.2) is 24.5 Å². The van der Waals surface area contributed by atoms with Crippen LogP contribution < -0.4 is 10.6 Å². The van der Waals surface area contributed by atoms with Gasteiger partial charge in [0.15, 0.2) is 6.61 Å². The molecule has 2 rings (SSSR count). The highest BCUT2D eigenvalue weighted by atomic mass is 16.5. The lowest BCUT2D eigenvalue weighted by molar-refractivity contribution is -0.124. The van der Waals surface area contributed by atoms with Gasteiger partial charge in [0.1, 0.15) is 0 Å². The lowest BCUT2D eigenvalue weighted by Gasteiger charge is -2.14. The lowest BCUT2D eigenvalue weighted by atomic mass is 10.1. The van der Waals surface area contributed by atoms with E-state index in [0.717, 1.165) is 18.5 Å². The molecule has 0 aliphatic heterocycles. The molecule has 0 aliphatic carbocycles.